The van der Waals surface area contributed by atoms with E-state index in [0.29, 0.717) is 15.6 Å². The molecule has 1 aromatic carbocycles. The Kier molecular flexibility index (Phi) is 4.02. The Morgan fingerprint density at radius 3 is 2.96 bits per heavy atom. The molecule has 7 nitrogen and oxygen atoms in total. The molecule has 0 saturated heterocycles. The number of rotatable bonds is 4. The number of nitrogens with zero attached hydrogens (tertiary/aromatic N) is 2. The number of amides is 1. The lowest BCUT2D eigenvalue weighted by atomic mass is 10.1. The van der Waals surface area contributed by atoms with Crippen molar-refractivity contribution in [3.63, 3.8) is 0 Å². The van der Waals surface area contributed by atoms with Crippen LogP contribution in [0.4, 0.5) is 4.39 Å². The average Bonchev–Trinajstić information content (AvgIpc) is 3.20. The van der Waals surface area contributed by atoms with E-state index >= 15 is 0 Å². The second kappa shape index (κ2) is 6.13. The van der Waals surface area contributed by atoms with E-state index in [9.17, 15) is 14.0 Å². The average molecular weight is 334 g/mol. The van der Waals surface area contributed by atoms with E-state index in [4.69, 9.17) is 4.74 Å². The number of halogens is 1. The molecule has 2 N–H and O–H groups in total. The molecule has 0 radical (unpaired) electrons. The van der Waals surface area contributed by atoms with Gasteiger partial charge in [0.15, 0.2) is 5.69 Å². The van der Waals surface area contributed by atoms with E-state index in [1.54, 1.807) is 12.1 Å². The maximum absolute atomic E-state index is 14.1. The number of aromatic amines is 1. The minimum Gasteiger partial charge on any atom is -0.465 e. The zero-order chi connectivity index (χ0) is 16.4. The molecule has 0 unspecified atom stereocenters. The normalized spacial score (nSPS) is 10.7. The highest BCUT2D eigenvalue weighted by Crippen LogP contribution is 2.33. The van der Waals surface area contributed by atoms with Gasteiger partial charge in [0.25, 0.3) is 5.91 Å². The van der Waals surface area contributed by atoms with Crippen LogP contribution in [0.2, 0.25) is 0 Å². The molecule has 118 valence electrons. The third kappa shape index (κ3) is 2.78. The standard InChI is InChI=1S/C14H11FN4O3S/c1-22-14(21)12-7(5-16-13(20)9-6-17-19-18-9)11-8(15)3-2-4-10(11)23-12/h2-4,6H,5H2,1H3,(H,16,20)(H,17,18,19). The molecule has 0 atom stereocenters. The first-order chi connectivity index (χ1) is 11.1. The molecule has 0 aliphatic carbocycles. The van der Waals surface area contributed by atoms with E-state index in [-0.39, 0.29) is 17.1 Å². The van der Waals surface area contributed by atoms with Crippen molar-refractivity contribution in [1.82, 2.24) is 20.7 Å². The number of methoxy groups -OCH3 is 1. The highest BCUT2D eigenvalue weighted by atomic mass is 32.1. The first-order valence-electron chi connectivity index (χ1n) is 6.54. The van der Waals surface area contributed by atoms with Crippen LogP contribution in [0, 0.1) is 5.82 Å². The Labute approximate surface area is 133 Å². The summed E-state index contributed by atoms with van der Waals surface area (Å²) in [5.74, 6) is -1.51. The Balaban J connectivity index is 1.97. The van der Waals surface area contributed by atoms with Gasteiger partial charge in [0, 0.05) is 22.2 Å². The van der Waals surface area contributed by atoms with Crippen molar-refractivity contribution in [2.24, 2.45) is 0 Å². The van der Waals surface area contributed by atoms with Gasteiger partial charge in [-0.25, -0.2) is 9.18 Å². The number of hydrogen-bond donors (Lipinski definition) is 2. The quantitative estimate of drug-likeness (QED) is 0.710. The van der Waals surface area contributed by atoms with Crippen LogP contribution in [0.3, 0.4) is 0 Å². The molecule has 0 fully saturated rings. The molecule has 0 bridgehead atoms. The SMILES string of the molecule is COC(=O)c1sc2cccc(F)c2c1CNC(=O)c1cn[nH]n1. The summed E-state index contributed by atoms with van der Waals surface area (Å²) < 4.78 is 19.5. The number of ether oxygens (including phenoxy) is 1. The molecule has 0 aliphatic heterocycles. The van der Waals surface area contributed by atoms with Gasteiger partial charge in [-0.3, -0.25) is 4.79 Å². The number of benzene rings is 1. The topological polar surface area (TPSA) is 97.0 Å². The number of hydrogen-bond acceptors (Lipinski definition) is 6. The highest BCUT2D eigenvalue weighted by Gasteiger charge is 2.22. The number of thiophene rings is 1. The summed E-state index contributed by atoms with van der Waals surface area (Å²) in [6, 6.07) is 4.57. The maximum Gasteiger partial charge on any atom is 0.348 e. The molecular formula is C14H11FN4O3S. The van der Waals surface area contributed by atoms with Crippen LogP contribution < -0.4 is 5.32 Å². The van der Waals surface area contributed by atoms with E-state index in [1.165, 1.54) is 19.4 Å². The molecule has 2 aromatic heterocycles. The van der Waals surface area contributed by atoms with Gasteiger partial charge in [-0.1, -0.05) is 6.07 Å². The van der Waals surface area contributed by atoms with Crippen molar-refractivity contribution in [1.29, 1.82) is 0 Å². The van der Waals surface area contributed by atoms with Crippen molar-refractivity contribution in [3.05, 3.63) is 46.3 Å². The highest BCUT2D eigenvalue weighted by molar-refractivity contribution is 7.21. The van der Waals surface area contributed by atoms with Crippen LogP contribution >= 0.6 is 11.3 Å². The number of carbonyl (C=O) groups excluding carboxylic acids is 2. The Morgan fingerprint density at radius 2 is 2.26 bits per heavy atom. The van der Waals surface area contributed by atoms with Crippen molar-refractivity contribution in [2.75, 3.05) is 7.11 Å². The summed E-state index contributed by atoms with van der Waals surface area (Å²) in [6.07, 6.45) is 1.27. The Morgan fingerprint density at radius 1 is 1.43 bits per heavy atom. The molecule has 23 heavy (non-hydrogen) atoms. The summed E-state index contributed by atoms with van der Waals surface area (Å²) in [7, 11) is 1.25. The number of esters is 1. The van der Waals surface area contributed by atoms with Crippen LogP contribution in [0.15, 0.2) is 24.4 Å². The molecule has 9 heteroatoms. The van der Waals surface area contributed by atoms with Gasteiger partial charge >= 0.3 is 5.97 Å². The summed E-state index contributed by atoms with van der Waals surface area (Å²) >= 11 is 1.12. The third-order valence-corrected chi connectivity index (χ3v) is 4.38. The zero-order valence-corrected chi connectivity index (χ0v) is 12.7. The van der Waals surface area contributed by atoms with Crippen LogP contribution in [-0.4, -0.2) is 34.4 Å². The van der Waals surface area contributed by atoms with E-state index in [2.05, 4.69) is 20.7 Å². The van der Waals surface area contributed by atoms with Gasteiger partial charge < -0.3 is 10.1 Å². The second-order valence-corrected chi connectivity index (χ2v) is 5.60. The molecule has 3 rings (SSSR count). The van der Waals surface area contributed by atoms with E-state index in [0.717, 1.165) is 11.3 Å². The van der Waals surface area contributed by atoms with Crippen LogP contribution in [0.25, 0.3) is 10.1 Å². The number of nitrogens with one attached hydrogen (secondary N) is 2. The number of aromatic nitrogens is 3. The summed E-state index contributed by atoms with van der Waals surface area (Å²) in [4.78, 5) is 24.1. The van der Waals surface area contributed by atoms with Crippen molar-refractivity contribution in [2.45, 2.75) is 6.54 Å². The summed E-state index contributed by atoms with van der Waals surface area (Å²) in [5.41, 5.74) is 0.483. The number of H-pyrrole nitrogens is 1. The number of carbonyl (C=O) groups is 2. The molecule has 2 heterocycles. The predicted molar refractivity (Wildman–Crippen MR) is 80.7 cm³/mol. The molecule has 3 aromatic rings. The van der Waals surface area contributed by atoms with E-state index in [1.807, 2.05) is 0 Å². The fourth-order valence-electron chi connectivity index (χ4n) is 2.16. The molecule has 1 amide bonds. The van der Waals surface area contributed by atoms with Gasteiger partial charge in [0.2, 0.25) is 0 Å². The molecule has 0 aliphatic rings. The fraction of sp³-hybridized carbons (Fsp3) is 0.143. The van der Waals surface area contributed by atoms with Crippen molar-refractivity contribution >= 4 is 33.3 Å². The lowest BCUT2D eigenvalue weighted by molar-refractivity contribution is 0.0604. The largest absolute Gasteiger partial charge is 0.465 e. The van der Waals surface area contributed by atoms with Crippen LogP contribution in [0.1, 0.15) is 25.7 Å². The van der Waals surface area contributed by atoms with Gasteiger partial charge in [0.1, 0.15) is 10.7 Å². The summed E-state index contributed by atoms with van der Waals surface area (Å²) in [6.45, 7) is -0.0307. The zero-order valence-electron chi connectivity index (χ0n) is 11.9. The lowest BCUT2D eigenvalue weighted by Crippen LogP contribution is -2.24. The monoisotopic (exact) mass is 334 g/mol. The third-order valence-electron chi connectivity index (χ3n) is 3.21. The fourth-order valence-corrected chi connectivity index (χ4v) is 3.32. The second-order valence-electron chi connectivity index (χ2n) is 4.55. The van der Waals surface area contributed by atoms with E-state index < -0.39 is 17.7 Å². The Hall–Kier alpha value is -2.81. The summed E-state index contributed by atoms with van der Waals surface area (Å²) in [5, 5.41) is 12.4. The van der Waals surface area contributed by atoms with Gasteiger partial charge in [-0.2, -0.15) is 15.4 Å². The van der Waals surface area contributed by atoms with Crippen LogP contribution in [0.5, 0.6) is 0 Å². The van der Waals surface area contributed by atoms with Crippen molar-refractivity contribution < 1.29 is 18.7 Å². The first kappa shape index (κ1) is 15.1. The smallest absolute Gasteiger partial charge is 0.348 e. The molecule has 0 saturated carbocycles. The van der Waals surface area contributed by atoms with Gasteiger partial charge in [-0.05, 0) is 12.1 Å². The maximum atomic E-state index is 14.1. The minimum absolute atomic E-state index is 0.0307. The lowest BCUT2D eigenvalue weighted by Gasteiger charge is -2.05. The van der Waals surface area contributed by atoms with Crippen LogP contribution in [-0.2, 0) is 11.3 Å². The van der Waals surface area contributed by atoms with Gasteiger partial charge in [-0.15, -0.1) is 11.3 Å². The first-order valence-corrected chi connectivity index (χ1v) is 7.35. The molecular weight excluding hydrogens is 323 g/mol. The number of fused-ring (bicyclic) bond motifs is 1. The predicted octanol–water partition coefficient (Wildman–Crippen LogP) is 1.88. The molecule has 0 spiro atoms. The minimum atomic E-state index is -0.573. The Bertz CT molecular complexity index is 876. The van der Waals surface area contributed by atoms with Gasteiger partial charge in [0.05, 0.1) is 13.3 Å². The van der Waals surface area contributed by atoms with Crippen molar-refractivity contribution in [3.8, 4) is 0 Å².